The molecule has 3 aliphatic rings. The van der Waals surface area contributed by atoms with Crippen molar-refractivity contribution in [1.82, 2.24) is 24.8 Å². The van der Waals surface area contributed by atoms with Gasteiger partial charge in [-0.2, -0.15) is 0 Å². The van der Waals surface area contributed by atoms with Crippen molar-refractivity contribution in [2.75, 3.05) is 51.8 Å². The van der Waals surface area contributed by atoms with Crippen LogP contribution in [0.2, 0.25) is 10.0 Å². The summed E-state index contributed by atoms with van der Waals surface area (Å²) in [6.07, 6.45) is 5.82. The van der Waals surface area contributed by atoms with E-state index >= 15 is 0 Å². The Morgan fingerprint density at radius 1 is 1.00 bits per heavy atom. The normalized spacial score (nSPS) is 21.4. The smallest absolute Gasteiger partial charge is 0.305 e. The summed E-state index contributed by atoms with van der Waals surface area (Å²) in [4.78, 5) is 32.7. The first-order valence-electron chi connectivity index (χ1n) is 14.0. The number of carbonyl (C=O) groups is 1. The molecule has 0 spiro atoms. The molecule has 0 radical (unpaired) electrons. The van der Waals surface area contributed by atoms with Crippen LogP contribution in [0.25, 0.3) is 11.3 Å². The largest absolute Gasteiger partial charge is 0.469 e. The predicted molar refractivity (Wildman–Crippen MR) is 159 cm³/mol. The number of methoxy groups -OCH3 is 1. The molecule has 3 aliphatic heterocycles. The molecule has 0 bridgehead atoms. The van der Waals surface area contributed by atoms with Gasteiger partial charge in [-0.25, -0.2) is 15.0 Å². The lowest BCUT2D eigenvalue weighted by molar-refractivity contribution is -0.142. The van der Waals surface area contributed by atoms with Crippen LogP contribution in [0.15, 0.2) is 42.7 Å². The Kier molecular flexibility index (Phi) is 8.30. The van der Waals surface area contributed by atoms with E-state index in [1.807, 2.05) is 24.3 Å². The molecular formula is C30H34Cl2N6O3. The van der Waals surface area contributed by atoms with Gasteiger partial charge in [0.1, 0.15) is 0 Å². The fourth-order valence-electron chi connectivity index (χ4n) is 6.19. The first kappa shape index (κ1) is 28.2. The number of carbonyl (C=O) groups excluding carboxylic acids is 1. The molecule has 3 fully saturated rings. The zero-order valence-electron chi connectivity index (χ0n) is 23.3. The van der Waals surface area contributed by atoms with Crippen LogP contribution in [-0.4, -0.2) is 83.6 Å². The zero-order chi connectivity index (χ0) is 28.5. The van der Waals surface area contributed by atoms with Gasteiger partial charge in [0, 0.05) is 66.2 Å². The second kappa shape index (κ2) is 12.1. The van der Waals surface area contributed by atoms with Gasteiger partial charge in [-0.15, -0.1) is 0 Å². The lowest BCUT2D eigenvalue weighted by Crippen LogP contribution is -2.52. The molecule has 0 N–H and O–H groups in total. The van der Waals surface area contributed by atoms with Crippen molar-refractivity contribution in [3.05, 3.63) is 58.3 Å². The summed E-state index contributed by atoms with van der Waals surface area (Å²) in [6, 6.07) is 10.00. The minimum absolute atomic E-state index is 0.138. The number of rotatable bonds is 8. The number of anilines is 1. The summed E-state index contributed by atoms with van der Waals surface area (Å²) in [5, 5.41) is 1.08. The second-order valence-corrected chi connectivity index (χ2v) is 12.2. The molecule has 0 saturated carbocycles. The molecular weight excluding hydrogens is 563 g/mol. The van der Waals surface area contributed by atoms with Crippen molar-refractivity contribution < 1.29 is 14.3 Å². The number of hydrogen-bond donors (Lipinski definition) is 0. The molecule has 5 heterocycles. The van der Waals surface area contributed by atoms with Gasteiger partial charge in [0.15, 0.2) is 5.75 Å². The first-order chi connectivity index (χ1) is 19.8. The maximum absolute atomic E-state index is 11.7. The number of nitrogens with zero attached hydrogens (tertiary/aromatic N) is 6. The Labute approximate surface area is 250 Å². The van der Waals surface area contributed by atoms with E-state index in [0.29, 0.717) is 46.0 Å². The molecule has 0 unspecified atom stereocenters. The minimum Gasteiger partial charge on any atom is -0.469 e. The van der Waals surface area contributed by atoms with Crippen molar-refractivity contribution in [1.29, 1.82) is 0 Å². The lowest BCUT2D eigenvalue weighted by atomic mass is 9.93. The van der Waals surface area contributed by atoms with Crippen LogP contribution in [0.3, 0.4) is 0 Å². The minimum atomic E-state index is -0.138. The van der Waals surface area contributed by atoms with Crippen LogP contribution in [0.5, 0.6) is 11.6 Å². The highest BCUT2D eigenvalue weighted by Crippen LogP contribution is 2.34. The molecule has 9 nitrogen and oxygen atoms in total. The average Bonchev–Trinajstić information content (AvgIpc) is 3.31. The standard InChI is InChI=1S/C30H34Cl2N6O3/c1-36-16-22-17-38(18-27(22)36)30-33-13-25(14-34-30)41-28-8-20(7-26(35-28)21-10-23(31)12-24(32)11-21)15-37-5-3-19(4-6-37)9-29(39)40-2/h7-8,10-14,19,22,27H,3-6,9,15-18H2,1-2H3/t22-,27+/m1/s1. The third kappa shape index (κ3) is 6.59. The van der Waals surface area contributed by atoms with Gasteiger partial charge in [0.25, 0.3) is 0 Å². The Bertz CT molecular complexity index is 1380. The number of likely N-dealkylation sites (N-methyl/N-ethyl adjacent to an activating group) is 1. The fourth-order valence-corrected chi connectivity index (χ4v) is 6.71. The van der Waals surface area contributed by atoms with Gasteiger partial charge >= 0.3 is 5.97 Å². The number of esters is 1. The number of piperidine rings is 1. The zero-order valence-corrected chi connectivity index (χ0v) is 24.8. The molecule has 0 aliphatic carbocycles. The number of hydrogen-bond acceptors (Lipinski definition) is 9. The molecule has 3 aromatic rings. The van der Waals surface area contributed by atoms with Gasteiger partial charge in [-0.1, -0.05) is 23.2 Å². The van der Waals surface area contributed by atoms with Crippen LogP contribution < -0.4 is 9.64 Å². The van der Waals surface area contributed by atoms with Crippen LogP contribution in [-0.2, 0) is 16.1 Å². The molecule has 1 aromatic carbocycles. The maximum Gasteiger partial charge on any atom is 0.305 e. The molecule has 0 amide bonds. The number of likely N-dealkylation sites (tertiary alicyclic amines) is 2. The van der Waals surface area contributed by atoms with Crippen LogP contribution in [0.4, 0.5) is 5.95 Å². The quantitative estimate of drug-likeness (QED) is 0.327. The first-order valence-corrected chi connectivity index (χ1v) is 14.8. The van der Waals surface area contributed by atoms with E-state index in [1.165, 1.54) is 7.11 Å². The number of ether oxygens (including phenoxy) is 2. The highest BCUT2D eigenvalue weighted by molar-refractivity contribution is 6.35. The lowest BCUT2D eigenvalue weighted by Gasteiger charge is -2.40. The molecule has 2 aromatic heterocycles. The molecule has 41 heavy (non-hydrogen) atoms. The van der Waals surface area contributed by atoms with Crippen molar-refractivity contribution in [2.24, 2.45) is 11.8 Å². The number of halogens is 2. The van der Waals surface area contributed by atoms with Gasteiger partial charge < -0.3 is 19.3 Å². The molecule has 2 atom stereocenters. The van der Waals surface area contributed by atoms with Crippen LogP contribution in [0.1, 0.15) is 24.8 Å². The topological polar surface area (TPSA) is 83.9 Å². The van der Waals surface area contributed by atoms with Crippen LogP contribution >= 0.6 is 23.2 Å². The Balaban J connectivity index is 1.19. The molecule has 216 valence electrons. The summed E-state index contributed by atoms with van der Waals surface area (Å²) in [6.45, 7) is 5.62. The van der Waals surface area contributed by atoms with E-state index in [2.05, 4.69) is 31.7 Å². The number of fused-ring (bicyclic) bond motifs is 1. The summed E-state index contributed by atoms with van der Waals surface area (Å²) in [5.74, 6) is 2.62. The van der Waals surface area contributed by atoms with E-state index in [9.17, 15) is 4.79 Å². The van der Waals surface area contributed by atoms with E-state index in [4.69, 9.17) is 37.7 Å². The van der Waals surface area contributed by atoms with E-state index in [0.717, 1.165) is 74.9 Å². The van der Waals surface area contributed by atoms with Crippen molar-refractivity contribution in [3.63, 3.8) is 0 Å². The monoisotopic (exact) mass is 596 g/mol. The highest BCUT2D eigenvalue weighted by atomic mass is 35.5. The Hall–Kier alpha value is -2.98. The SMILES string of the molecule is COC(=O)CC1CCN(Cc2cc(Oc3cnc(N4C[C@H]5CN(C)[C@H]5C4)nc3)nc(-c3cc(Cl)cc(Cl)c3)c2)CC1. The van der Waals surface area contributed by atoms with E-state index in [-0.39, 0.29) is 5.97 Å². The summed E-state index contributed by atoms with van der Waals surface area (Å²) >= 11 is 12.6. The van der Waals surface area contributed by atoms with Crippen molar-refractivity contribution >= 4 is 35.1 Å². The Morgan fingerprint density at radius 3 is 2.39 bits per heavy atom. The average molecular weight is 598 g/mol. The number of pyridine rings is 1. The second-order valence-electron chi connectivity index (χ2n) is 11.3. The van der Waals surface area contributed by atoms with E-state index < -0.39 is 0 Å². The number of benzene rings is 1. The summed E-state index contributed by atoms with van der Waals surface area (Å²) in [7, 11) is 3.61. The summed E-state index contributed by atoms with van der Waals surface area (Å²) in [5.41, 5.74) is 2.59. The van der Waals surface area contributed by atoms with Crippen molar-refractivity contribution in [3.8, 4) is 22.9 Å². The third-order valence-corrected chi connectivity index (χ3v) is 8.87. The predicted octanol–water partition coefficient (Wildman–Crippen LogP) is 5.16. The third-order valence-electron chi connectivity index (χ3n) is 8.43. The molecule has 6 rings (SSSR count). The van der Waals surface area contributed by atoms with Gasteiger partial charge in [0.05, 0.1) is 25.2 Å². The van der Waals surface area contributed by atoms with Gasteiger partial charge in [-0.3, -0.25) is 9.69 Å². The van der Waals surface area contributed by atoms with Crippen molar-refractivity contribution in [2.45, 2.75) is 31.8 Å². The number of aromatic nitrogens is 3. The molecule has 11 heteroatoms. The van der Waals surface area contributed by atoms with Crippen LogP contribution in [0, 0.1) is 11.8 Å². The molecule has 3 saturated heterocycles. The van der Waals surface area contributed by atoms with Gasteiger partial charge in [-0.05, 0) is 68.7 Å². The van der Waals surface area contributed by atoms with E-state index in [1.54, 1.807) is 18.5 Å². The summed E-state index contributed by atoms with van der Waals surface area (Å²) < 4.78 is 11.0. The van der Waals surface area contributed by atoms with Gasteiger partial charge in [0.2, 0.25) is 11.8 Å². The maximum atomic E-state index is 11.7. The fraction of sp³-hybridized carbons (Fsp3) is 0.467. The highest BCUT2D eigenvalue weighted by Gasteiger charge is 2.44. The Morgan fingerprint density at radius 2 is 1.73 bits per heavy atom.